The Morgan fingerprint density at radius 1 is 1.58 bits per heavy atom. The van der Waals surface area contributed by atoms with Gasteiger partial charge < -0.3 is 9.26 Å². The fourth-order valence-corrected chi connectivity index (χ4v) is 4.19. The molecule has 5 nitrogen and oxygen atoms in total. The number of rotatable bonds is 4. The maximum absolute atomic E-state index is 12.2. The van der Waals surface area contributed by atoms with E-state index in [4.69, 9.17) is 9.26 Å². The van der Waals surface area contributed by atoms with Crippen molar-refractivity contribution in [2.75, 3.05) is 6.61 Å². The SMILES string of the molecule is C[C@@H]1OCC[C@H]1[S@@](=O)Cc1nc(-c2cccs2)no1. The van der Waals surface area contributed by atoms with Gasteiger partial charge in [-0.25, -0.2) is 0 Å². The standard InChI is InChI=1S/C12H14N2O3S2/c1-8-10(4-5-16-8)19(15)7-11-13-12(14-17-11)9-3-2-6-18-9/h2-3,6,8,10H,4-5,7H2,1H3/t8-,10+,19-/m0/s1. The first-order chi connectivity index (χ1) is 9.24. The molecule has 3 heterocycles. The summed E-state index contributed by atoms with van der Waals surface area (Å²) in [6.45, 7) is 2.64. The first kappa shape index (κ1) is 13.0. The molecule has 3 atom stereocenters. The van der Waals surface area contributed by atoms with E-state index in [9.17, 15) is 4.21 Å². The van der Waals surface area contributed by atoms with Crippen LogP contribution in [0.1, 0.15) is 19.2 Å². The highest BCUT2D eigenvalue weighted by Gasteiger charge is 2.30. The molecular formula is C12H14N2O3S2. The van der Waals surface area contributed by atoms with E-state index in [1.807, 2.05) is 24.4 Å². The molecule has 102 valence electrons. The molecule has 0 radical (unpaired) electrons. The van der Waals surface area contributed by atoms with Gasteiger partial charge in [-0.1, -0.05) is 11.2 Å². The zero-order valence-electron chi connectivity index (χ0n) is 10.4. The molecule has 2 aromatic heterocycles. The largest absolute Gasteiger partial charge is 0.377 e. The van der Waals surface area contributed by atoms with Crippen LogP contribution in [0.25, 0.3) is 10.7 Å². The third kappa shape index (κ3) is 2.77. The molecule has 0 aromatic carbocycles. The molecule has 1 aliphatic rings. The summed E-state index contributed by atoms with van der Waals surface area (Å²) >= 11 is 1.55. The van der Waals surface area contributed by atoms with E-state index in [1.54, 1.807) is 11.3 Å². The van der Waals surface area contributed by atoms with E-state index in [-0.39, 0.29) is 11.4 Å². The maximum atomic E-state index is 12.2. The third-order valence-corrected chi connectivity index (χ3v) is 5.81. The van der Waals surface area contributed by atoms with Crippen molar-refractivity contribution in [3.8, 4) is 10.7 Å². The van der Waals surface area contributed by atoms with Gasteiger partial charge in [-0.05, 0) is 24.8 Å². The summed E-state index contributed by atoms with van der Waals surface area (Å²) in [4.78, 5) is 5.24. The van der Waals surface area contributed by atoms with E-state index >= 15 is 0 Å². The molecule has 2 aromatic rings. The Balaban J connectivity index is 1.69. The van der Waals surface area contributed by atoms with Crippen LogP contribution in [0.2, 0.25) is 0 Å². The van der Waals surface area contributed by atoms with Gasteiger partial charge >= 0.3 is 0 Å². The van der Waals surface area contributed by atoms with Crippen LogP contribution in [0.15, 0.2) is 22.0 Å². The average molecular weight is 298 g/mol. The van der Waals surface area contributed by atoms with E-state index < -0.39 is 10.8 Å². The van der Waals surface area contributed by atoms with Gasteiger partial charge in [-0.2, -0.15) is 4.98 Å². The second-order valence-electron chi connectivity index (χ2n) is 4.42. The lowest BCUT2D eigenvalue weighted by atomic mass is 10.3. The summed E-state index contributed by atoms with van der Waals surface area (Å²) in [5.74, 6) is 1.30. The molecule has 0 spiro atoms. The Morgan fingerprint density at radius 3 is 3.16 bits per heavy atom. The van der Waals surface area contributed by atoms with Crippen LogP contribution >= 0.6 is 11.3 Å². The molecule has 3 rings (SSSR count). The summed E-state index contributed by atoms with van der Waals surface area (Å²) in [6, 6.07) is 3.87. The molecule has 0 N–H and O–H groups in total. The lowest BCUT2D eigenvalue weighted by molar-refractivity contribution is 0.127. The van der Waals surface area contributed by atoms with Gasteiger partial charge in [-0.15, -0.1) is 11.3 Å². The number of ether oxygens (including phenoxy) is 1. The van der Waals surface area contributed by atoms with E-state index in [1.165, 1.54) is 0 Å². The minimum Gasteiger partial charge on any atom is -0.377 e. The van der Waals surface area contributed by atoms with Crippen LogP contribution in [0.3, 0.4) is 0 Å². The van der Waals surface area contributed by atoms with Crippen LogP contribution in [-0.4, -0.2) is 32.3 Å². The van der Waals surface area contributed by atoms with Crippen LogP contribution < -0.4 is 0 Å². The highest BCUT2D eigenvalue weighted by atomic mass is 32.2. The predicted octanol–water partition coefficient (Wildman–Crippen LogP) is 2.22. The zero-order chi connectivity index (χ0) is 13.2. The molecular weight excluding hydrogens is 284 g/mol. The number of hydrogen-bond donors (Lipinski definition) is 0. The lowest BCUT2D eigenvalue weighted by Gasteiger charge is -2.11. The van der Waals surface area contributed by atoms with Crippen molar-refractivity contribution in [3.63, 3.8) is 0 Å². The quantitative estimate of drug-likeness (QED) is 0.866. The van der Waals surface area contributed by atoms with E-state index in [0.29, 0.717) is 24.1 Å². The van der Waals surface area contributed by atoms with Crippen LogP contribution in [0, 0.1) is 0 Å². The number of thiophene rings is 1. The van der Waals surface area contributed by atoms with Crippen molar-refractivity contribution in [2.24, 2.45) is 0 Å². The normalized spacial score (nSPS) is 24.7. The lowest BCUT2D eigenvalue weighted by Crippen LogP contribution is -2.24. The maximum Gasteiger partial charge on any atom is 0.239 e. The molecule has 0 aliphatic carbocycles. The fourth-order valence-electron chi connectivity index (χ4n) is 2.11. The monoisotopic (exact) mass is 298 g/mol. The minimum absolute atomic E-state index is 0.0421. The van der Waals surface area contributed by atoms with Crippen LogP contribution in [0.5, 0.6) is 0 Å². The molecule has 1 saturated heterocycles. The Labute approximate surface area is 117 Å². The van der Waals surface area contributed by atoms with Crippen molar-refractivity contribution < 1.29 is 13.5 Å². The smallest absolute Gasteiger partial charge is 0.239 e. The zero-order valence-corrected chi connectivity index (χ0v) is 12.1. The average Bonchev–Trinajstić information content (AvgIpc) is 3.07. The topological polar surface area (TPSA) is 65.2 Å². The second kappa shape index (κ2) is 5.52. The van der Waals surface area contributed by atoms with Gasteiger partial charge in [0, 0.05) is 17.4 Å². The van der Waals surface area contributed by atoms with Gasteiger partial charge in [0.25, 0.3) is 0 Å². The van der Waals surface area contributed by atoms with Gasteiger partial charge in [0.15, 0.2) is 0 Å². The summed E-state index contributed by atoms with van der Waals surface area (Å²) in [5, 5.41) is 5.94. The van der Waals surface area contributed by atoms with Gasteiger partial charge in [0.05, 0.1) is 16.2 Å². The summed E-state index contributed by atoms with van der Waals surface area (Å²) in [7, 11) is -1.03. The minimum atomic E-state index is -1.03. The highest BCUT2D eigenvalue weighted by molar-refractivity contribution is 7.84. The van der Waals surface area contributed by atoms with Crippen LogP contribution in [-0.2, 0) is 21.3 Å². The van der Waals surface area contributed by atoms with Gasteiger partial charge in [-0.3, -0.25) is 4.21 Å². The van der Waals surface area contributed by atoms with E-state index in [2.05, 4.69) is 10.1 Å². The first-order valence-electron chi connectivity index (χ1n) is 6.09. The van der Waals surface area contributed by atoms with Gasteiger partial charge in [0.2, 0.25) is 11.7 Å². The molecule has 1 fully saturated rings. The molecule has 0 unspecified atom stereocenters. The number of hydrogen-bond acceptors (Lipinski definition) is 6. The Hall–Kier alpha value is -1.05. The Kier molecular flexibility index (Phi) is 3.76. The molecule has 0 amide bonds. The Bertz CT molecular complexity index is 567. The Morgan fingerprint density at radius 2 is 2.47 bits per heavy atom. The highest BCUT2D eigenvalue weighted by Crippen LogP contribution is 2.23. The van der Waals surface area contributed by atoms with Crippen molar-refractivity contribution in [1.82, 2.24) is 10.1 Å². The predicted molar refractivity (Wildman–Crippen MR) is 73.3 cm³/mol. The molecule has 1 aliphatic heterocycles. The van der Waals surface area contributed by atoms with Crippen molar-refractivity contribution in [3.05, 3.63) is 23.4 Å². The third-order valence-electron chi connectivity index (χ3n) is 3.12. The second-order valence-corrected chi connectivity index (χ2v) is 7.02. The number of nitrogens with zero attached hydrogens (tertiary/aromatic N) is 2. The molecule has 19 heavy (non-hydrogen) atoms. The van der Waals surface area contributed by atoms with E-state index in [0.717, 1.165) is 11.3 Å². The molecule has 7 heteroatoms. The van der Waals surface area contributed by atoms with Crippen molar-refractivity contribution in [1.29, 1.82) is 0 Å². The molecule has 0 bridgehead atoms. The van der Waals surface area contributed by atoms with Gasteiger partial charge in [0.1, 0.15) is 5.75 Å². The molecule has 0 saturated carbocycles. The first-order valence-corrected chi connectivity index (χ1v) is 8.35. The van der Waals surface area contributed by atoms with Crippen molar-refractivity contribution >= 4 is 22.1 Å². The summed E-state index contributed by atoms with van der Waals surface area (Å²) in [5.41, 5.74) is 0. The fraction of sp³-hybridized carbons (Fsp3) is 0.500. The number of aromatic nitrogens is 2. The summed E-state index contributed by atoms with van der Waals surface area (Å²) in [6.07, 6.45) is 0.875. The summed E-state index contributed by atoms with van der Waals surface area (Å²) < 4.78 is 22.8. The van der Waals surface area contributed by atoms with Crippen molar-refractivity contribution in [2.45, 2.75) is 30.5 Å². The van der Waals surface area contributed by atoms with Crippen LogP contribution in [0.4, 0.5) is 0 Å².